The molecule has 5 nitrogen and oxygen atoms in total. The number of amides is 1. The highest BCUT2D eigenvalue weighted by Gasteiger charge is 2.55. The highest BCUT2D eigenvalue weighted by molar-refractivity contribution is 5.82. The summed E-state index contributed by atoms with van der Waals surface area (Å²) in [6.07, 6.45) is 4.06. The van der Waals surface area contributed by atoms with E-state index in [0.717, 1.165) is 39.0 Å². The normalized spacial score (nSPS) is 24.9. The first-order valence-electron chi connectivity index (χ1n) is 6.72. The minimum atomic E-state index is 0.364. The van der Waals surface area contributed by atoms with Crippen molar-refractivity contribution >= 4 is 5.91 Å². The lowest BCUT2D eigenvalue weighted by Gasteiger charge is -2.60. The van der Waals surface area contributed by atoms with E-state index in [-0.39, 0.29) is 0 Å². The number of carbonyl (C=O) groups is 1. The van der Waals surface area contributed by atoms with Crippen molar-refractivity contribution in [1.29, 1.82) is 0 Å². The van der Waals surface area contributed by atoms with Gasteiger partial charge in [0.25, 0.3) is 0 Å². The van der Waals surface area contributed by atoms with Crippen LogP contribution in [-0.2, 0) is 4.79 Å². The summed E-state index contributed by atoms with van der Waals surface area (Å²) < 4.78 is 0. The Morgan fingerprint density at radius 1 is 1.33 bits per heavy atom. The molecule has 0 atom stereocenters. The zero-order valence-corrected chi connectivity index (χ0v) is 10.7. The highest BCUT2D eigenvalue weighted by Crippen LogP contribution is 2.42. The molecule has 1 spiro atoms. The molecule has 4 rings (SSSR count). The van der Waals surface area contributed by atoms with Gasteiger partial charge in [-0.2, -0.15) is 9.89 Å². The van der Waals surface area contributed by atoms with Crippen molar-refractivity contribution in [3.05, 3.63) is 18.0 Å². The van der Waals surface area contributed by atoms with Gasteiger partial charge in [0.2, 0.25) is 5.91 Å². The summed E-state index contributed by atoms with van der Waals surface area (Å²) in [5, 5.41) is 6.57. The number of aryl methyl sites for hydroxylation is 1. The SMILES string of the molecule is Cc1ccnn1N1CC2(CN(C(=O)C3CC3)C2)C1. The minimum absolute atomic E-state index is 0.364. The van der Waals surface area contributed by atoms with Crippen molar-refractivity contribution in [2.75, 3.05) is 31.2 Å². The number of rotatable bonds is 2. The van der Waals surface area contributed by atoms with Gasteiger partial charge in [0.15, 0.2) is 0 Å². The van der Waals surface area contributed by atoms with Crippen molar-refractivity contribution < 1.29 is 4.79 Å². The summed E-state index contributed by atoms with van der Waals surface area (Å²) >= 11 is 0. The standard InChI is InChI=1S/C13H18N4O/c1-10-4-5-14-17(10)16-8-13(9-16)6-15(7-13)12(18)11-2-3-11/h4-5,11H,2-3,6-9H2,1H3. The molecule has 0 unspecified atom stereocenters. The molecule has 1 aromatic heterocycles. The Hall–Kier alpha value is -1.52. The largest absolute Gasteiger partial charge is 0.341 e. The number of hydrogen-bond acceptors (Lipinski definition) is 3. The molecule has 18 heavy (non-hydrogen) atoms. The molecular formula is C13H18N4O. The Morgan fingerprint density at radius 3 is 2.61 bits per heavy atom. The lowest BCUT2D eigenvalue weighted by Crippen LogP contribution is -2.75. The Morgan fingerprint density at radius 2 is 2.06 bits per heavy atom. The van der Waals surface area contributed by atoms with Crippen molar-refractivity contribution in [3.63, 3.8) is 0 Å². The van der Waals surface area contributed by atoms with Crippen molar-refractivity contribution in [2.24, 2.45) is 11.3 Å². The number of carbonyl (C=O) groups excluding carboxylic acids is 1. The van der Waals surface area contributed by atoms with E-state index >= 15 is 0 Å². The van der Waals surface area contributed by atoms with E-state index in [1.807, 2.05) is 22.0 Å². The first-order valence-corrected chi connectivity index (χ1v) is 6.72. The number of aromatic nitrogens is 2. The zero-order valence-electron chi connectivity index (χ0n) is 10.7. The van der Waals surface area contributed by atoms with Crippen molar-refractivity contribution in [2.45, 2.75) is 19.8 Å². The molecule has 0 radical (unpaired) electrons. The molecule has 0 bridgehead atoms. The molecule has 1 aliphatic carbocycles. The van der Waals surface area contributed by atoms with E-state index in [1.54, 1.807) is 0 Å². The van der Waals surface area contributed by atoms with Crippen LogP contribution in [0.1, 0.15) is 18.5 Å². The van der Waals surface area contributed by atoms with Crippen LogP contribution in [0.3, 0.4) is 0 Å². The summed E-state index contributed by atoms with van der Waals surface area (Å²) in [7, 11) is 0. The lowest BCUT2D eigenvalue weighted by atomic mass is 9.73. The van der Waals surface area contributed by atoms with Gasteiger partial charge in [-0.25, -0.2) is 0 Å². The van der Waals surface area contributed by atoms with Gasteiger partial charge in [-0.3, -0.25) is 9.80 Å². The summed E-state index contributed by atoms with van der Waals surface area (Å²) in [4.78, 5) is 15.9. The maximum absolute atomic E-state index is 11.9. The fraction of sp³-hybridized carbons (Fsp3) is 0.692. The average molecular weight is 246 g/mol. The van der Waals surface area contributed by atoms with Gasteiger partial charge in [-0.1, -0.05) is 0 Å². The van der Waals surface area contributed by atoms with Gasteiger partial charge in [0, 0.05) is 37.5 Å². The van der Waals surface area contributed by atoms with Gasteiger partial charge in [-0.05, 0) is 25.8 Å². The molecule has 5 heteroatoms. The summed E-state index contributed by atoms with van der Waals surface area (Å²) in [5.74, 6) is 0.765. The molecule has 2 aliphatic heterocycles. The monoisotopic (exact) mass is 246 g/mol. The second kappa shape index (κ2) is 3.28. The van der Waals surface area contributed by atoms with Crippen LogP contribution in [0, 0.1) is 18.3 Å². The number of nitrogens with zero attached hydrogens (tertiary/aromatic N) is 4. The second-order valence-electron chi connectivity index (χ2n) is 6.15. The van der Waals surface area contributed by atoms with Gasteiger partial charge in [0.05, 0.1) is 11.9 Å². The maximum atomic E-state index is 11.9. The molecule has 2 saturated heterocycles. The number of likely N-dealkylation sites (tertiary alicyclic amines) is 1. The highest BCUT2D eigenvalue weighted by atomic mass is 16.2. The van der Waals surface area contributed by atoms with Crippen LogP contribution in [-0.4, -0.2) is 46.9 Å². The molecule has 1 saturated carbocycles. The van der Waals surface area contributed by atoms with Crippen molar-refractivity contribution in [1.82, 2.24) is 14.8 Å². The Bertz CT molecular complexity index is 491. The first-order chi connectivity index (χ1) is 8.67. The fourth-order valence-corrected chi connectivity index (χ4v) is 3.23. The molecular weight excluding hydrogens is 228 g/mol. The van der Waals surface area contributed by atoms with E-state index < -0.39 is 0 Å². The van der Waals surface area contributed by atoms with Gasteiger partial charge in [0.1, 0.15) is 0 Å². The Balaban J connectivity index is 1.35. The van der Waals surface area contributed by atoms with E-state index in [0.29, 0.717) is 17.2 Å². The third kappa shape index (κ3) is 1.39. The third-order valence-corrected chi connectivity index (χ3v) is 4.40. The van der Waals surface area contributed by atoms with E-state index in [9.17, 15) is 4.79 Å². The predicted molar refractivity (Wildman–Crippen MR) is 66.7 cm³/mol. The zero-order chi connectivity index (χ0) is 12.3. The summed E-state index contributed by atoms with van der Waals surface area (Å²) in [5.41, 5.74) is 1.54. The van der Waals surface area contributed by atoms with E-state index in [1.165, 1.54) is 5.69 Å². The maximum Gasteiger partial charge on any atom is 0.225 e. The van der Waals surface area contributed by atoms with Gasteiger partial charge >= 0.3 is 0 Å². The van der Waals surface area contributed by atoms with Crippen LogP contribution < -0.4 is 5.01 Å². The average Bonchev–Trinajstić information content (AvgIpc) is 3.00. The molecule has 1 aromatic rings. The van der Waals surface area contributed by atoms with Gasteiger partial charge in [-0.15, -0.1) is 0 Å². The van der Waals surface area contributed by atoms with E-state index in [4.69, 9.17) is 0 Å². The Kier molecular flexibility index (Phi) is 1.89. The molecule has 3 aliphatic rings. The molecule has 0 aromatic carbocycles. The second-order valence-corrected chi connectivity index (χ2v) is 6.15. The van der Waals surface area contributed by atoms with Crippen LogP contribution in [0.15, 0.2) is 12.3 Å². The van der Waals surface area contributed by atoms with Crippen LogP contribution >= 0.6 is 0 Å². The Labute approximate surface area is 106 Å². The van der Waals surface area contributed by atoms with Crippen LogP contribution in [0.4, 0.5) is 0 Å². The molecule has 3 fully saturated rings. The molecule has 1 amide bonds. The quantitative estimate of drug-likeness (QED) is 0.757. The fourth-order valence-electron chi connectivity index (χ4n) is 3.23. The van der Waals surface area contributed by atoms with Crippen molar-refractivity contribution in [3.8, 4) is 0 Å². The summed E-state index contributed by atoms with van der Waals surface area (Å²) in [6.45, 7) is 6.05. The van der Waals surface area contributed by atoms with Crippen LogP contribution in [0.25, 0.3) is 0 Å². The van der Waals surface area contributed by atoms with Crippen LogP contribution in [0.5, 0.6) is 0 Å². The third-order valence-electron chi connectivity index (χ3n) is 4.40. The van der Waals surface area contributed by atoms with Gasteiger partial charge < -0.3 is 4.90 Å². The molecule has 96 valence electrons. The molecule has 3 heterocycles. The lowest BCUT2D eigenvalue weighted by molar-refractivity contribution is -0.147. The molecule has 0 N–H and O–H groups in total. The topological polar surface area (TPSA) is 41.4 Å². The minimum Gasteiger partial charge on any atom is -0.341 e. The number of hydrogen-bond donors (Lipinski definition) is 0. The van der Waals surface area contributed by atoms with Crippen LogP contribution in [0.2, 0.25) is 0 Å². The predicted octanol–water partition coefficient (Wildman–Crippen LogP) is 0.382. The smallest absolute Gasteiger partial charge is 0.225 e. The summed E-state index contributed by atoms with van der Waals surface area (Å²) in [6, 6.07) is 2.02. The first kappa shape index (κ1) is 10.4. The van der Waals surface area contributed by atoms with E-state index in [2.05, 4.69) is 17.0 Å².